The highest BCUT2D eigenvalue weighted by atomic mass is 127. The monoisotopic (exact) mass is 491 g/mol. The Morgan fingerprint density at radius 1 is 1.11 bits per heavy atom. The van der Waals surface area contributed by atoms with Crippen molar-refractivity contribution < 1.29 is 27.9 Å². The Balaban J connectivity index is 1.92. The van der Waals surface area contributed by atoms with Gasteiger partial charge in [0.05, 0.1) is 16.9 Å². The number of hydrogen-bond acceptors (Lipinski definition) is 5. The Kier molecular flexibility index (Phi) is 5.40. The number of carbonyl (C=O) groups is 2. The summed E-state index contributed by atoms with van der Waals surface area (Å²) in [6.45, 7) is -0.0777. The summed E-state index contributed by atoms with van der Waals surface area (Å²) in [7, 11) is 0. The molecule has 0 saturated carbocycles. The van der Waals surface area contributed by atoms with Gasteiger partial charge in [-0.1, -0.05) is 0 Å². The second-order valence-electron chi connectivity index (χ2n) is 5.95. The van der Waals surface area contributed by atoms with Crippen LogP contribution in [0.2, 0.25) is 0 Å². The molecular formula is C17H13F3IN3O3. The number of hydrogen-bond donors (Lipinski definition) is 4. The van der Waals surface area contributed by atoms with Gasteiger partial charge in [0.25, 0.3) is 11.8 Å². The summed E-state index contributed by atoms with van der Waals surface area (Å²) in [6, 6.07) is 5.67. The molecule has 2 aromatic rings. The van der Waals surface area contributed by atoms with Crippen molar-refractivity contribution in [2.75, 3.05) is 18.4 Å². The molecule has 27 heavy (non-hydrogen) atoms. The van der Waals surface area contributed by atoms with Crippen LogP contribution in [0.25, 0.3) is 0 Å². The molecule has 0 aromatic heterocycles. The molecule has 0 atom stereocenters. The van der Waals surface area contributed by atoms with Crippen LogP contribution in [0.3, 0.4) is 0 Å². The van der Waals surface area contributed by atoms with Gasteiger partial charge in [-0.05, 0) is 52.9 Å². The summed E-state index contributed by atoms with van der Waals surface area (Å²) in [6.07, 6.45) is 0. The average molecular weight is 491 g/mol. The van der Waals surface area contributed by atoms with Gasteiger partial charge in [0.1, 0.15) is 5.82 Å². The summed E-state index contributed by atoms with van der Waals surface area (Å²) in [4.78, 5) is 24.3. The van der Waals surface area contributed by atoms with Crippen LogP contribution in [0.15, 0.2) is 30.3 Å². The summed E-state index contributed by atoms with van der Waals surface area (Å²) in [5, 5.41) is 16.9. The first-order valence-corrected chi connectivity index (χ1v) is 8.78. The van der Waals surface area contributed by atoms with E-state index in [9.17, 15) is 27.9 Å². The molecular weight excluding hydrogens is 478 g/mol. The van der Waals surface area contributed by atoms with Gasteiger partial charge in [-0.15, -0.1) is 0 Å². The van der Waals surface area contributed by atoms with E-state index in [1.54, 1.807) is 0 Å². The number of carbonyl (C=O) groups excluding carboxylic acids is 2. The third-order valence-corrected chi connectivity index (χ3v) is 4.69. The van der Waals surface area contributed by atoms with Crippen molar-refractivity contribution in [2.24, 2.45) is 0 Å². The van der Waals surface area contributed by atoms with Crippen molar-refractivity contribution in [1.29, 1.82) is 0 Å². The SMILES string of the molecule is O=C(NC(=O)C1(O)CNC1)c1ccc(F)c(F)c1Nc1ccc(I)cc1F. The molecule has 142 valence electrons. The minimum atomic E-state index is -1.75. The Morgan fingerprint density at radius 3 is 2.41 bits per heavy atom. The van der Waals surface area contributed by atoms with E-state index in [0.717, 1.165) is 6.07 Å². The van der Waals surface area contributed by atoms with Gasteiger partial charge in [0, 0.05) is 16.7 Å². The average Bonchev–Trinajstić information content (AvgIpc) is 2.58. The lowest BCUT2D eigenvalue weighted by molar-refractivity contribution is -0.143. The van der Waals surface area contributed by atoms with Crippen LogP contribution in [0, 0.1) is 21.0 Å². The van der Waals surface area contributed by atoms with Crippen molar-refractivity contribution in [3.63, 3.8) is 0 Å². The zero-order valence-electron chi connectivity index (χ0n) is 13.6. The molecule has 0 bridgehead atoms. The lowest BCUT2D eigenvalue weighted by atomic mass is 9.96. The van der Waals surface area contributed by atoms with Gasteiger partial charge in [0.2, 0.25) is 0 Å². The van der Waals surface area contributed by atoms with Crippen molar-refractivity contribution in [2.45, 2.75) is 5.60 Å². The minimum absolute atomic E-state index is 0.0388. The molecule has 1 saturated heterocycles. The number of aliphatic hydroxyl groups is 1. The van der Waals surface area contributed by atoms with Crippen molar-refractivity contribution in [3.05, 3.63) is 56.9 Å². The number of rotatable bonds is 4. The Hall–Kier alpha value is -2.18. The zero-order chi connectivity index (χ0) is 19.8. The number of nitrogens with one attached hydrogen (secondary N) is 3. The molecule has 1 aliphatic rings. The molecule has 3 rings (SSSR count). The molecule has 4 N–H and O–H groups in total. The third-order valence-electron chi connectivity index (χ3n) is 4.01. The number of imide groups is 1. The highest BCUT2D eigenvalue weighted by molar-refractivity contribution is 14.1. The molecule has 0 spiro atoms. The first-order valence-electron chi connectivity index (χ1n) is 7.70. The molecule has 10 heteroatoms. The van der Waals surface area contributed by atoms with Crippen LogP contribution in [0.5, 0.6) is 0 Å². The fourth-order valence-corrected chi connectivity index (χ4v) is 2.85. The number of benzene rings is 2. The summed E-state index contributed by atoms with van der Waals surface area (Å²) < 4.78 is 42.6. The van der Waals surface area contributed by atoms with E-state index in [1.807, 2.05) is 27.9 Å². The molecule has 1 aliphatic heterocycles. The minimum Gasteiger partial charge on any atom is -0.377 e. The fraction of sp³-hybridized carbons (Fsp3) is 0.176. The predicted octanol–water partition coefficient (Wildman–Crippen LogP) is 2.04. The summed E-state index contributed by atoms with van der Waals surface area (Å²) in [5.74, 6) is -5.43. The maximum absolute atomic E-state index is 14.3. The first-order chi connectivity index (χ1) is 12.7. The summed E-state index contributed by atoms with van der Waals surface area (Å²) in [5.41, 5.74) is -2.97. The van der Waals surface area contributed by atoms with E-state index in [0.29, 0.717) is 9.64 Å². The second-order valence-corrected chi connectivity index (χ2v) is 7.20. The smallest absolute Gasteiger partial charge is 0.261 e. The van der Waals surface area contributed by atoms with Crippen LogP contribution < -0.4 is 16.0 Å². The van der Waals surface area contributed by atoms with E-state index < -0.39 is 46.1 Å². The summed E-state index contributed by atoms with van der Waals surface area (Å²) >= 11 is 1.88. The topological polar surface area (TPSA) is 90.5 Å². The quantitative estimate of drug-likeness (QED) is 0.389. The number of halogens is 4. The molecule has 0 unspecified atom stereocenters. The largest absolute Gasteiger partial charge is 0.377 e. The van der Waals surface area contributed by atoms with E-state index in [-0.39, 0.29) is 18.8 Å². The van der Waals surface area contributed by atoms with E-state index in [2.05, 4.69) is 10.6 Å². The van der Waals surface area contributed by atoms with Crippen LogP contribution in [0.4, 0.5) is 24.5 Å². The molecule has 2 aromatic carbocycles. The molecule has 1 fully saturated rings. The van der Waals surface area contributed by atoms with Gasteiger partial charge in [0.15, 0.2) is 17.2 Å². The van der Waals surface area contributed by atoms with Gasteiger partial charge in [-0.3, -0.25) is 14.9 Å². The third kappa shape index (κ3) is 3.92. The van der Waals surface area contributed by atoms with Crippen molar-refractivity contribution in [1.82, 2.24) is 10.6 Å². The standard InChI is InChI=1S/C17H13F3IN3O3/c18-10-3-2-9(15(25)24-16(26)17(27)6-22-7-17)14(13(10)20)23-12-4-1-8(21)5-11(12)19/h1-5,22-23,27H,6-7H2,(H,24,25,26). The van der Waals surface area contributed by atoms with Gasteiger partial charge in [-0.2, -0.15) is 0 Å². The fourth-order valence-electron chi connectivity index (χ4n) is 2.40. The molecule has 0 radical (unpaired) electrons. The van der Waals surface area contributed by atoms with Gasteiger partial charge >= 0.3 is 0 Å². The Bertz CT molecular complexity index is 935. The lowest BCUT2D eigenvalue weighted by Crippen LogP contribution is -2.67. The van der Waals surface area contributed by atoms with Crippen molar-refractivity contribution in [3.8, 4) is 0 Å². The van der Waals surface area contributed by atoms with Crippen LogP contribution in [-0.2, 0) is 4.79 Å². The van der Waals surface area contributed by atoms with Crippen LogP contribution in [-0.4, -0.2) is 35.6 Å². The maximum atomic E-state index is 14.3. The van der Waals surface area contributed by atoms with Crippen LogP contribution >= 0.6 is 22.6 Å². The maximum Gasteiger partial charge on any atom is 0.261 e. The Morgan fingerprint density at radius 2 is 1.81 bits per heavy atom. The number of anilines is 2. The van der Waals surface area contributed by atoms with Gasteiger partial charge in [-0.25, -0.2) is 13.2 Å². The van der Waals surface area contributed by atoms with Crippen LogP contribution in [0.1, 0.15) is 10.4 Å². The molecule has 0 aliphatic carbocycles. The predicted molar refractivity (Wildman–Crippen MR) is 99.1 cm³/mol. The highest BCUT2D eigenvalue weighted by Gasteiger charge is 2.43. The Labute approximate surface area is 165 Å². The van der Waals surface area contributed by atoms with Crippen molar-refractivity contribution >= 4 is 45.8 Å². The van der Waals surface area contributed by atoms with E-state index in [1.165, 1.54) is 18.2 Å². The molecule has 2 amide bonds. The van der Waals surface area contributed by atoms with Gasteiger partial charge < -0.3 is 15.7 Å². The number of β-amino-alcohol motifs (C(OH)–C–C–N with tert-alkyl or cyclic N) is 1. The first kappa shape index (κ1) is 19.6. The van der Waals surface area contributed by atoms with E-state index in [4.69, 9.17) is 0 Å². The second kappa shape index (κ2) is 7.44. The van der Waals surface area contributed by atoms with E-state index >= 15 is 0 Å². The molecule has 1 heterocycles. The normalized spacial score (nSPS) is 15.0. The molecule has 6 nitrogen and oxygen atoms in total. The number of amides is 2. The lowest BCUT2D eigenvalue weighted by Gasteiger charge is -2.35. The highest BCUT2D eigenvalue weighted by Crippen LogP contribution is 2.28. The zero-order valence-corrected chi connectivity index (χ0v) is 15.7.